The number of carboxylic acid groups (broad SMARTS) is 1. The molecule has 0 aromatic rings. The molecule has 0 saturated carbocycles. The third-order valence-electron chi connectivity index (χ3n) is 2.98. The lowest BCUT2D eigenvalue weighted by Crippen LogP contribution is -1.92. The number of allylic oxidation sites excluding steroid dienone is 9. The molecule has 0 rings (SSSR count). The van der Waals surface area contributed by atoms with Crippen molar-refractivity contribution in [3.8, 4) is 0 Å². The maximum absolute atomic E-state index is 10.3. The van der Waals surface area contributed by atoms with E-state index in [1.165, 1.54) is 0 Å². The van der Waals surface area contributed by atoms with Crippen LogP contribution in [-0.4, -0.2) is 22.8 Å². The summed E-state index contributed by atoms with van der Waals surface area (Å²) < 4.78 is 0. The van der Waals surface area contributed by atoms with E-state index in [0.29, 0.717) is 0 Å². The highest BCUT2D eigenvalue weighted by molar-refractivity contribution is 5.66. The van der Waals surface area contributed by atoms with E-state index in [0.717, 1.165) is 44.9 Å². The summed E-state index contributed by atoms with van der Waals surface area (Å²) in [5, 5.41) is 17.1. The zero-order chi connectivity index (χ0) is 17.0. The fourth-order valence-electron chi connectivity index (χ4n) is 1.77. The largest absolute Gasteiger partial charge is 0.481 e. The molecule has 0 unspecified atom stereocenters. The Morgan fingerprint density at radius 2 is 1.26 bits per heavy atom. The number of rotatable bonds is 14. The van der Waals surface area contributed by atoms with Crippen molar-refractivity contribution in [3.63, 3.8) is 0 Å². The van der Waals surface area contributed by atoms with Gasteiger partial charge in [0.1, 0.15) is 0 Å². The Balaban J connectivity index is 3.46. The molecule has 0 aliphatic rings. The predicted octanol–water partition coefficient (Wildman–Crippen LogP) is 4.97. The standard InChI is InChI=1S/C20H30O3/c21-19-17-15-13-11-9-7-5-3-1-2-4-6-8-10-12-14-16-18-20(22)23/h1-4,7,9-10,12-13,15,21H,5-6,8,11,14,16-19H2,(H,22,23)/b3-1+,4-2+,9-7+,12-10+,15-13+. The molecule has 23 heavy (non-hydrogen) atoms. The highest BCUT2D eigenvalue weighted by atomic mass is 16.4. The minimum Gasteiger partial charge on any atom is -0.481 e. The lowest BCUT2D eigenvalue weighted by molar-refractivity contribution is -0.137. The molecule has 0 bridgehead atoms. The molecule has 128 valence electrons. The van der Waals surface area contributed by atoms with E-state index in [1.807, 2.05) is 6.08 Å². The molecule has 3 nitrogen and oxygen atoms in total. The molecule has 0 saturated heterocycles. The number of carboxylic acids is 1. The predicted molar refractivity (Wildman–Crippen MR) is 97.4 cm³/mol. The molecule has 0 radical (unpaired) electrons. The molecule has 0 heterocycles. The van der Waals surface area contributed by atoms with Gasteiger partial charge in [-0.25, -0.2) is 0 Å². The van der Waals surface area contributed by atoms with Crippen LogP contribution in [-0.2, 0) is 4.79 Å². The highest BCUT2D eigenvalue weighted by Crippen LogP contribution is 2.00. The number of unbranched alkanes of at least 4 members (excludes halogenated alkanes) is 2. The molecule has 0 amide bonds. The Labute approximate surface area is 140 Å². The van der Waals surface area contributed by atoms with Crippen LogP contribution in [0.4, 0.5) is 0 Å². The molecule has 2 N–H and O–H groups in total. The van der Waals surface area contributed by atoms with Gasteiger partial charge < -0.3 is 10.2 Å². The first kappa shape index (κ1) is 21.1. The molecule has 0 aromatic heterocycles. The summed E-state index contributed by atoms with van der Waals surface area (Å²) in [5.41, 5.74) is 0. The fourth-order valence-corrected chi connectivity index (χ4v) is 1.77. The van der Waals surface area contributed by atoms with Gasteiger partial charge in [-0.1, -0.05) is 60.8 Å². The lowest BCUT2D eigenvalue weighted by Gasteiger charge is -1.90. The molecule has 0 aromatic carbocycles. The monoisotopic (exact) mass is 318 g/mol. The average molecular weight is 318 g/mol. The van der Waals surface area contributed by atoms with Crippen LogP contribution in [0.2, 0.25) is 0 Å². The van der Waals surface area contributed by atoms with Crippen molar-refractivity contribution in [1.29, 1.82) is 0 Å². The summed E-state index contributed by atoms with van der Waals surface area (Å²) in [5.74, 6) is -0.721. The zero-order valence-electron chi connectivity index (χ0n) is 13.9. The number of aliphatic hydroxyl groups excluding tert-OH is 1. The third-order valence-corrected chi connectivity index (χ3v) is 2.98. The Kier molecular flexibility index (Phi) is 16.7. The highest BCUT2D eigenvalue weighted by Gasteiger charge is 1.92. The van der Waals surface area contributed by atoms with Crippen LogP contribution in [0.3, 0.4) is 0 Å². The smallest absolute Gasteiger partial charge is 0.303 e. The van der Waals surface area contributed by atoms with Gasteiger partial charge in [0, 0.05) is 13.0 Å². The summed E-state index contributed by atoms with van der Waals surface area (Å²) in [4.78, 5) is 10.3. The normalized spacial score (nSPS) is 12.7. The van der Waals surface area contributed by atoms with Crippen molar-refractivity contribution in [2.24, 2.45) is 0 Å². The van der Waals surface area contributed by atoms with Gasteiger partial charge in [-0.05, 0) is 44.9 Å². The number of hydrogen-bond acceptors (Lipinski definition) is 2. The van der Waals surface area contributed by atoms with Gasteiger partial charge in [0.2, 0.25) is 0 Å². The first-order valence-corrected chi connectivity index (χ1v) is 8.36. The minimum atomic E-state index is -0.721. The van der Waals surface area contributed by atoms with Crippen LogP contribution in [0.15, 0.2) is 60.8 Å². The topological polar surface area (TPSA) is 57.5 Å². The molecule has 0 aliphatic heterocycles. The van der Waals surface area contributed by atoms with Gasteiger partial charge in [0.25, 0.3) is 0 Å². The van der Waals surface area contributed by atoms with E-state index in [2.05, 4.69) is 54.7 Å². The van der Waals surface area contributed by atoms with Gasteiger partial charge in [-0.3, -0.25) is 4.79 Å². The van der Waals surface area contributed by atoms with Gasteiger partial charge in [-0.15, -0.1) is 0 Å². The quantitative estimate of drug-likeness (QED) is 0.270. The molecular weight excluding hydrogens is 288 g/mol. The van der Waals surface area contributed by atoms with E-state index < -0.39 is 5.97 Å². The van der Waals surface area contributed by atoms with Gasteiger partial charge >= 0.3 is 5.97 Å². The van der Waals surface area contributed by atoms with Crippen LogP contribution in [0.25, 0.3) is 0 Å². The van der Waals surface area contributed by atoms with Crippen LogP contribution in [0.1, 0.15) is 51.4 Å². The van der Waals surface area contributed by atoms with Gasteiger partial charge in [0.05, 0.1) is 0 Å². The van der Waals surface area contributed by atoms with Crippen LogP contribution >= 0.6 is 0 Å². The Morgan fingerprint density at radius 1 is 0.696 bits per heavy atom. The average Bonchev–Trinajstić information content (AvgIpc) is 2.53. The van der Waals surface area contributed by atoms with Gasteiger partial charge in [0.15, 0.2) is 0 Å². The second-order valence-electron chi connectivity index (χ2n) is 5.12. The number of carbonyl (C=O) groups is 1. The van der Waals surface area contributed by atoms with Crippen LogP contribution < -0.4 is 0 Å². The Hall–Kier alpha value is -1.87. The van der Waals surface area contributed by atoms with Crippen molar-refractivity contribution in [3.05, 3.63) is 60.8 Å². The molecular formula is C20H30O3. The molecule has 0 spiro atoms. The lowest BCUT2D eigenvalue weighted by atomic mass is 10.2. The SMILES string of the molecule is O=C(O)CCC/C=C/CC/C=C/C=C/C/C=C/C/C=C/CCO. The maximum Gasteiger partial charge on any atom is 0.303 e. The summed E-state index contributed by atoms with van der Waals surface area (Å²) >= 11 is 0. The summed E-state index contributed by atoms with van der Waals surface area (Å²) in [6.45, 7) is 0.218. The second kappa shape index (κ2) is 18.2. The molecule has 0 fully saturated rings. The summed E-state index contributed by atoms with van der Waals surface area (Å²) in [6, 6.07) is 0. The van der Waals surface area contributed by atoms with Crippen molar-refractivity contribution in [1.82, 2.24) is 0 Å². The number of hydrogen-bond donors (Lipinski definition) is 2. The molecule has 3 heteroatoms. The third kappa shape index (κ3) is 20.1. The Bertz CT molecular complexity index is 415. The molecule has 0 aliphatic carbocycles. The summed E-state index contributed by atoms with van der Waals surface area (Å²) in [7, 11) is 0. The number of aliphatic carboxylic acids is 1. The van der Waals surface area contributed by atoms with E-state index in [1.54, 1.807) is 0 Å². The van der Waals surface area contributed by atoms with Crippen LogP contribution in [0.5, 0.6) is 0 Å². The van der Waals surface area contributed by atoms with Crippen molar-refractivity contribution in [2.75, 3.05) is 6.61 Å². The summed E-state index contributed by atoms with van der Waals surface area (Å²) in [6.07, 6.45) is 27.3. The van der Waals surface area contributed by atoms with Crippen molar-refractivity contribution >= 4 is 5.97 Å². The van der Waals surface area contributed by atoms with Crippen molar-refractivity contribution < 1.29 is 15.0 Å². The van der Waals surface area contributed by atoms with Crippen LogP contribution in [0, 0.1) is 0 Å². The van der Waals surface area contributed by atoms with Crippen molar-refractivity contribution in [2.45, 2.75) is 51.4 Å². The maximum atomic E-state index is 10.3. The van der Waals surface area contributed by atoms with E-state index in [-0.39, 0.29) is 13.0 Å². The first-order valence-electron chi connectivity index (χ1n) is 8.36. The van der Waals surface area contributed by atoms with E-state index in [9.17, 15) is 4.79 Å². The first-order chi connectivity index (χ1) is 11.3. The zero-order valence-corrected chi connectivity index (χ0v) is 13.9. The van der Waals surface area contributed by atoms with E-state index in [4.69, 9.17) is 10.2 Å². The van der Waals surface area contributed by atoms with E-state index >= 15 is 0 Å². The number of aliphatic hydroxyl groups is 1. The molecule has 0 atom stereocenters. The van der Waals surface area contributed by atoms with Gasteiger partial charge in [-0.2, -0.15) is 0 Å². The second-order valence-corrected chi connectivity index (χ2v) is 5.12. The minimum absolute atomic E-state index is 0.218. The Morgan fingerprint density at radius 3 is 2.00 bits per heavy atom. The fraction of sp³-hybridized carbons (Fsp3) is 0.450.